The molecular weight excluding hydrogens is 268 g/mol. The molecule has 1 atom stereocenters. The van der Waals surface area contributed by atoms with Crippen LogP contribution >= 0.6 is 0 Å². The Kier molecular flexibility index (Phi) is 4.22. The van der Waals surface area contributed by atoms with Crippen LogP contribution in [0.4, 0.5) is 0 Å². The molecule has 1 saturated carbocycles. The number of pyridine rings is 1. The lowest BCUT2D eigenvalue weighted by atomic mass is 9.86. The molecule has 2 heterocycles. The molecule has 1 aliphatic carbocycles. The molecule has 1 spiro atoms. The number of hydrogen-bond acceptors (Lipinski definition) is 4. The number of amides is 1. The van der Waals surface area contributed by atoms with E-state index >= 15 is 0 Å². The molecule has 21 heavy (non-hydrogen) atoms. The van der Waals surface area contributed by atoms with Gasteiger partial charge in [-0.2, -0.15) is 0 Å². The largest absolute Gasteiger partial charge is 0.349 e. The van der Waals surface area contributed by atoms with E-state index in [0.29, 0.717) is 18.7 Å². The topological polar surface area (TPSA) is 60.5 Å². The van der Waals surface area contributed by atoms with E-state index in [1.54, 1.807) is 24.5 Å². The van der Waals surface area contributed by atoms with Gasteiger partial charge in [0.05, 0.1) is 12.2 Å². The van der Waals surface area contributed by atoms with Crippen LogP contribution in [0, 0.1) is 5.92 Å². The number of carbonyl (C=O) groups is 1. The minimum atomic E-state index is -0.393. The molecular formula is C16H22N2O3. The van der Waals surface area contributed by atoms with Crippen molar-refractivity contribution in [1.82, 2.24) is 10.3 Å². The predicted molar refractivity (Wildman–Crippen MR) is 77.8 cm³/mol. The minimum Gasteiger partial charge on any atom is -0.349 e. The highest BCUT2D eigenvalue weighted by Gasteiger charge is 2.43. The molecule has 114 valence electrons. The SMILES string of the molecule is CC1CCC2(CC1)OC[C@@H](CNC(=O)c1cccnc1)O2. The quantitative estimate of drug-likeness (QED) is 0.926. The van der Waals surface area contributed by atoms with Crippen LogP contribution in [0.25, 0.3) is 0 Å². The van der Waals surface area contributed by atoms with Gasteiger partial charge in [-0.15, -0.1) is 0 Å². The van der Waals surface area contributed by atoms with E-state index in [-0.39, 0.29) is 12.0 Å². The lowest BCUT2D eigenvalue weighted by molar-refractivity contribution is -0.191. The zero-order valence-electron chi connectivity index (χ0n) is 12.4. The van der Waals surface area contributed by atoms with Crippen molar-refractivity contribution >= 4 is 5.91 Å². The predicted octanol–water partition coefficient (Wildman–Crippen LogP) is 2.13. The molecule has 1 aliphatic heterocycles. The molecule has 0 unspecified atom stereocenters. The van der Waals surface area contributed by atoms with Crippen LogP contribution in [-0.4, -0.2) is 35.9 Å². The van der Waals surface area contributed by atoms with Gasteiger partial charge in [0, 0.05) is 31.8 Å². The van der Waals surface area contributed by atoms with Crippen LogP contribution in [0.1, 0.15) is 43.0 Å². The van der Waals surface area contributed by atoms with Gasteiger partial charge in [0.15, 0.2) is 5.79 Å². The van der Waals surface area contributed by atoms with Crippen molar-refractivity contribution in [1.29, 1.82) is 0 Å². The van der Waals surface area contributed by atoms with Gasteiger partial charge in [-0.25, -0.2) is 0 Å². The standard InChI is InChI=1S/C16H22N2O3/c1-12-4-6-16(7-5-12)20-11-14(21-16)10-18-15(19)13-3-2-8-17-9-13/h2-3,8-9,12,14H,4-7,10-11H2,1H3,(H,18,19)/t12?,14-,16?/m1/s1. The van der Waals surface area contributed by atoms with Gasteiger partial charge in [0.25, 0.3) is 5.91 Å². The number of rotatable bonds is 3. The van der Waals surface area contributed by atoms with Gasteiger partial charge >= 0.3 is 0 Å². The Morgan fingerprint density at radius 3 is 3.00 bits per heavy atom. The highest BCUT2D eigenvalue weighted by Crippen LogP contribution is 2.39. The zero-order chi connectivity index (χ0) is 14.7. The van der Waals surface area contributed by atoms with Crippen molar-refractivity contribution in [2.75, 3.05) is 13.2 Å². The second-order valence-electron chi connectivity index (χ2n) is 6.10. The maximum Gasteiger partial charge on any atom is 0.252 e. The summed E-state index contributed by atoms with van der Waals surface area (Å²) in [5.74, 6) is 0.244. The average molecular weight is 290 g/mol. The summed E-state index contributed by atoms with van der Waals surface area (Å²) in [4.78, 5) is 15.9. The van der Waals surface area contributed by atoms with E-state index < -0.39 is 5.79 Å². The number of ether oxygens (including phenoxy) is 2. The Balaban J connectivity index is 1.48. The van der Waals surface area contributed by atoms with Gasteiger partial charge in [0.1, 0.15) is 6.10 Å². The Hall–Kier alpha value is -1.46. The van der Waals surface area contributed by atoms with Crippen molar-refractivity contribution < 1.29 is 14.3 Å². The van der Waals surface area contributed by atoms with Gasteiger partial charge < -0.3 is 14.8 Å². The molecule has 1 saturated heterocycles. The Morgan fingerprint density at radius 2 is 2.29 bits per heavy atom. The van der Waals surface area contributed by atoms with Gasteiger partial charge in [0.2, 0.25) is 0 Å². The normalized spacial score (nSPS) is 32.2. The summed E-state index contributed by atoms with van der Waals surface area (Å²) in [6.45, 7) is 3.31. The first-order valence-electron chi connectivity index (χ1n) is 7.67. The lowest BCUT2D eigenvalue weighted by Crippen LogP contribution is -2.38. The maximum atomic E-state index is 12.0. The van der Waals surface area contributed by atoms with Gasteiger partial charge in [-0.3, -0.25) is 9.78 Å². The lowest BCUT2D eigenvalue weighted by Gasteiger charge is -2.34. The molecule has 1 amide bonds. The smallest absolute Gasteiger partial charge is 0.252 e. The van der Waals surface area contributed by atoms with Crippen LogP contribution in [-0.2, 0) is 9.47 Å². The number of aromatic nitrogens is 1. The third-order valence-electron chi connectivity index (χ3n) is 4.36. The molecule has 0 radical (unpaired) electrons. The molecule has 1 aromatic rings. The zero-order valence-corrected chi connectivity index (χ0v) is 12.4. The molecule has 3 rings (SSSR count). The molecule has 2 aliphatic rings. The molecule has 5 nitrogen and oxygen atoms in total. The second kappa shape index (κ2) is 6.12. The third kappa shape index (κ3) is 3.41. The van der Waals surface area contributed by atoms with Crippen LogP contribution in [0.2, 0.25) is 0 Å². The molecule has 0 bridgehead atoms. The van der Waals surface area contributed by atoms with Crippen molar-refractivity contribution in [3.63, 3.8) is 0 Å². The van der Waals surface area contributed by atoms with Crippen molar-refractivity contribution in [2.45, 2.75) is 44.5 Å². The number of nitrogens with zero attached hydrogens (tertiary/aromatic N) is 1. The molecule has 0 aromatic carbocycles. The van der Waals surface area contributed by atoms with E-state index in [9.17, 15) is 4.79 Å². The summed E-state index contributed by atoms with van der Waals surface area (Å²) in [6, 6.07) is 3.50. The summed E-state index contributed by atoms with van der Waals surface area (Å²) in [5, 5.41) is 2.89. The van der Waals surface area contributed by atoms with Gasteiger partial charge in [-0.1, -0.05) is 6.92 Å². The van der Waals surface area contributed by atoms with E-state index in [1.807, 2.05) is 0 Å². The van der Waals surface area contributed by atoms with Crippen molar-refractivity contribution in [3.05, 3.63) is 30.1 Å². The second-order valence-corrected chi connectivity index (χ2v) is 6.10. The molecule has 1 N–H and O–H groups in total. The van der Waals surface area contributed by atoms with Crippen LogP contribution in [0.3, 0.4) is 0 Å². The Bertz CT molecular complexity index is 484. The van der Waals surface area contributed by atoms with E-state index in [0.717, 1.165) is 31.6 Å². The van der Waals surface area contributed by atoms with Crippen molar-refractivity contribution in [3.8, 4) is 0 Å². The fraction of sp³-hybridized carbons (Fsp3) is 0.625. The number of nitrogens with one attached hydrogen (secondary N) is 1. The first-order valence-corrected chi connectivity index (χ1v) is 7.67. The van der Waals surface area contributed by atoms with E-state index in [4.69, 9.17) is 9.47 Å². The van der Waals surface area contributed by atoms with E-state index in [1.165, 1.54) is 0 Å². The summed E-state index contributed by atoms with van der Waals surface area (Å²) in [7, 11) is 0. The fourth-order valence-corrected chi connectivity index (χ4v) is 2.99. The maximum absolute atomic E-state index is 12.0. The highest BCUT2D eigenvalue weighted by molar-refractivity contribution is 5.93. The highest BCUT2D eigenvalue weighted by atomic mass is 16.7. The summed E-state index contributed by atoms with van der Waals surface area (Å²) < 4.78 is 12.0. The molecule has 5 heteroatoms. The summed E-state index contributed by atoms with van der Waals surface area (Å²) in [5.41, 5.74) is 0.567. The van der Waals surface area contributed by atoms with Crippen LogP contribution in [0.5, 0.6) is 0 Å². The minimum absolute atomic E-state index is 0.0565. The number of hydrogen-bond donors (Lipinski definition) is 1. The van der Waals surface area contributed by atoms with Crippen molar-refractivity contribution in [2.24, 2.45) is 5.92 Å². The average Bonchev–Trinajstić information content (AvgIpc) is 2.92. The molecule has 2 fully saturated rings. The van der Waals surface area contributed by atoms with E-state index in [2.05, 4.69) is 17.2 Å². The molecule has 1 aromatic heterocycles. The third-order valence-corrected chi connectivity index (χ3v) is 4.36. The fourth-order valence-electron chi connectivity index (χ4n) is 2.99. The number of carbonyl (C=O) groups excluding carboxylic acids is 1. The Labute approximate surface area is 125 Å². The van der Waals surface area contributed by atoms with Gasteiger partial charge in [-0.05, 0) is 30.9 Å². The monoisotopic (exact) mass is 290 g/mol. The van der Waals surface area contributed by atoms with Crippen LogP contribution in [0.15, 0.2) is 24.5 Å². The first-order chi connectivity index (χ1) is 10.2. The first kappa shape index (κ1) is 14.5. The summed E-state index contributed by atoms with van der Waals surface area (Å²) >= 11 is 0. The summed E-state index contributed by atoms with van der Waals surface area (Å²) in [6.07, 6.45) is 7.37. The van der Waals surface area contributed by atoms with Crippen LogP contribution < -0.4 is 5.32 Å². The Morgan fingerprint density at radius 1 is 1.48 bits per heavy atom.